The van der Waals surface area contributed by atoms with Gasteiger partial charge in [-0.3, -0.25) is 0 Å². The van der Waals surface area contributed by atoms with Crippen LogP contribution in [-0.4, -0.2) is 24.3 Å². The molecule has 2 unspecified atom stereocenters. The van der Waals surface area contributed by atoms with Crippen molar-refractivity contribution in [2.24, 2.45) is 5.16 Å². The van der Waals surface area contributed by atoms with Gasteiger partial charge in [0.05, 0.1) is 18.2 Å². The van der Waals surface area contributed by atoms with Gasteiger partial charge in [-0.1, -0.05) is 17.3 Å². The minimum Gasteiger partial charge on any atom is -0.496 e. The molecule has 0 aliphatic carbocycles. The van der Waals surface area contributed by atoms with E-state index >= 15 is 0 Å². The van der Waals surface area contributed by atoms with Gasteiger partial charge in [0.2, 0.25) is 0 Å². The molecule has 1 aliphatic heterocycles. The summed E-state index contributed by atoms with van der Waals surface area (Å²) >= 11 is 5.98. The molecule has 2 atom stereocenters. The van der Waals surface area contributed by atoms with Crippen LogP contribution < -0.4 is 4.74 Å². The van der Waals surface area contributed by atoms with Gasteiger partial charge in [0.1, 0.15) is 11.9 Å². The summed E-state index contributed by atoms with van der Waals surface area (Å²) in [5.74, 6) is 0.813. The summed E-state index contributed by atoms with van der Waals surface area (Å²) in [7, 11) is 1.65. The van der Waals surface area contributed by atoms with Crippen molar-refractivity contribution in [2.45, 2.75) is 24.8 Å². The second-order valence-electron chi connectivity index (χ2n) is 3.76. The Balaban J connectivity index is 2.20. The molecule has 0 spiro atoms. The van der Waals surface area contributed by atoms with E-state index in [9.17, 15) is 0 Å². The van der Waals surface area contributed by atoms with Crippen molar-refractivity contribution in [1.82, 2.24) is 0 Å². The van der Waals surface area contributed by atoms with E-state index in [1.807, 2.05) is 31.2 Å². The predicted molar refractivity (Wildman–Crippen MR) is 64.3 cm³/mol. The molecule has 0 bridgehead atoms. The van der Waals surface area contributed by atoms with Gasteiger partial charge >= 0.3 is 0 Å². The fourth-order valence-electron chi connectivity index (χ4n) is 1.68. The summed E-state index contributed by atoms with van der Waals surface area (Å²) in [4.78, 5) is 5.28. The summed E-state index contributed by atoms with van der Waals surface area (Å²) < 4.78 is 5.28. The number of alkyl halides is 1. The fourth-order valence-corrected chi connectivity index (χ4v) is 1.82. The number of halogens is 1. The number of para-hydroxylation sites is 1. The number of hydrogen-bond acceptors (Lipinski definition) is 3. The zero-order valence-corrected chi connectivity index (χ0v) is 10.1. The maximum absolute atomic E-state index is 5.98. The summed E-state index contributed by atoms with van der Waals surface area (Å²) in [6.45, 7) is 1.91. The molecule has 0 saturated heterocycles. The number of nitrogens with zero attached hydrogens (tertiary/aromatic N) is 1. The normalized spacial score (nSPS) is 21.2. The Labute approximate surface area is 100.0 Å². The van der Waals surface area contributed by atoms with Crippen LogP contribution in [0.15, 0.2) is 29.4 Å². The van der Waals surface area contributed by atoms with Crippen molar-refractivity contribution < 1.29 is 9.57 Å². The third-order valence-electron chi connectivity index (χ3n) is 2.62. The molecule has 0 saturated carbocycles. The molecule has 0 fully saturated rings. The predicted octanol–water partition coefficient (Wildman–Crippen LogP) is 2.82. The molecule has 86 valence electrons. The largest absolute Gasteiger partial charge is 0.496 e. The fraction of sp³-hybridized carbons (Fsp3) is 0.417. The van der Waals surface area contributed by atoms with Gasteiger partial charge in [-0.15, -0.1) is 11.6 Å². The first-order valence-corrected chi connectivity index (χ1v) is 5.66. The molecule has 2 rings (SSSR count). The van der Waals surface area contributed by atoms with E-state index in [0.29, 0.717) is 0 Å². The lowest BCUT2D eigenvalue weighted by Crippen LogP contribution is -2.18. The van der Waals surface area contributed by atoms with E-state index in [-0.39, 0.29) is 11.5 Å². The molecule has 1 aromatic rings. The van der Waals surface area contributed by atoms with Crippen molar-refractivity contribution in [3.05, 3.63) is 29.8 Å². The van der Waals surface area contributed by atoms with Crippen molar-refractivity contribution in [3.8, 4) is 5.75 Å². The highest BCUT2D eigenvalue weighted by atomic mass is 35.5. The first-order chi connectivity index (χ1) is 7.72. The molecule has 16 heavy (non-hydrogen) atoms. The van der Waals surface area contributed by atoms with Gasteiger partial charge in [0.15, 0.2) is 0 Å². The lowest BCUT2D eigenvalue weighted by Gasteiger charge is -2.10. The van der Waals surface area contributed by atoms with Crippen molar-refractivity contribution in [1.29, 1.82) is 0 Å². The highest BCUT2D eigenvalue weighted by Gasteiger charge is 2.27. The standard InChI is InChI=1S/C12H14ClNO2/c1-8(13)12-7-10(14-16-12)9-5-3-4-6-11(9)15-2/h3-6,8,12H,7H2,1-2H3. The summed E-state index contributed by atoms with van der Waals surface area (Å²) in [6.07, 6.45) is 0.687. The van der Waals surface area contributed by atoms with Gasteiger partial charge in [0, 0.05) is 12.0 Å². The molecule has 1 aromatic carbocycles. The highest BCUT2D eigenvalue weighted by molar-refractivity contribution is 6.21. The minimum atomic E-state index is -0.0454. The van der Waals surface area contributed by atoms with Crippen LogP contribution in [0.2, 0.25) is 0 Å². The molecule has 3 nitrogen and oxygen atoms in total. The molecule has 1 aliphatic rings. The summed E-state index contributed by atoms with van der Waals surface area (Å²) in [6, 6.07) is 7.77. The van der Waals surface area contributed by atoms with Crippen molar-refractivity contribution in [2.75, 3.05) is 7.11 Å². The monoisotopic (exact) mass is 239 g/mol. The highest BCUT2D eigenvalue weighted by Crippen LogP contribution is 2.26. The average molecular weight is 240 g/mol. The number of oxime groups is 1. The summed E-state index contributed by atoms with van der Waals surface area (Å²) in [5, 5.41) is 4.02. The Hall–Kier alpha value is -1.22. The van der Waals surface area contributed by atoms with Gasteiger partial charge < -0.3 is 9.57 Å². The number of hydrogen-bond donors (Lipinski definition) is 0. The third-order valence-corrected chi connectivity index (χ3v) is 2.90. The molecule has 1 heterocycles. The SMILES string of the molecule is COc1ccccc1C1=NOC(C(C)Cl)C1. The zero-order valence-electron chi connectivity index (χ0n) is 9.31. The average Bonchev–Trinajstić information content (AvgIpc) is 2.78. The number of ether oxygens (including phenoxy) is 1. The molecule has 0 radical (unpaired) electrons. The maximum atomic E-state index is 5.98. The number of methoxy groups -OCH3 is 1. The van der Waals surface area contributed by atoms with Gasteiger partial charge in [-0.25, -0.2) is 0 Å². The van der Waals surface area contributed by atoms with E-state index in [0.717, 1.165) is 23.4 Å². The van der Waals surface area contributed by atoms with E-state index in [4.69, 9.17) is 21.2 Å². The Morgan fingerprint density at radius 2 is 2.25 bits per heavy atom. The van der Waals surface area contributed by atoms with E-state index < -0.39 is 0 Å². The first-order valence-electron chi connectivity index (χ1n) is 5.22. The molecular formula is C12H14ClNO2. The molecule has 0 amide bonds. The van der Waals surface area contributed by atoms with E-state index in [2.05, 4.69) is 5.16 Å². The van der Waals surface area contributed by atoms with Crippen LogP contribution in [0, 0.1) is 0 Å². The van der Waals surface area contributed by atoms with Crippen LogP contribution in [0.3, 0.4) is 0 Å². The van der Waals surface area contributed by atoms with Gasteiger partial charge in [-0.05, 0) is 19.1 Å². The van der Waals surface area contributed by atoms with Crippen LogP contribution in [-0.2, 0) is 4.84 Å². The number of benzene rings is 1. The van der Waals surface area contributed by atoms with Gasteiger partial charge in [-0.2, -0.15) is 0 Å². The van der Waals surface area contributed by atoms with Crippen LogP contribution in [0.5, 0.6) is 5.75 Å². The third kappa shape index (κ3) is 2.14. The quantitative estimate of drug-likeness (QED) is 0.760. The Morgan fingerprint density at radius 3 is 2.88 bits per heavy atom. The van der Waals surface area contributed by atoms with Crippen molar-refractivity contribution in [3.63, 3.8) is 0 Å². The second kappa shape index (κ2) is 4.74. The smallest absolute Gasteiger partial charge is 0.149 e. The second-order valence-corrected chi connectivity index (χ2v) is 4.45. The molecule has 4 heteroatoms. The van der Waals surface area contributed by atoms with Crippen LogP contribution in [0.1, 0.15) is 18.9 Å². The van der Waals surface area contributed by atoms with Crippen LogP contribution >= 0.6 is 11.6 Å². The van der Waals surface area contributed by atoms with Crippen LogP contribution in [0.25, 0.3) is 0 Å². The topological polar surface area (TPSA) is 30.8 Å². The molecular weight excluding hydrogens is 226 g/mol. The first kappa shape index (κ1) is 11.3. The molecule has 0 N–H and O–H groups in total. The van der Waals surface area contributed by atoms with Crippen LogP contribution in [0.4, 0.5) is 0 Å². The van der Waals surface area contributed by atoms with Gasteiger partial charge in [0.25, 0.3) is 0 Å². The Kier molecular flexibility index (Phi) is 3.34. The summed E-state index contributed by atoms with van der Waals surface area (Å²) in [5.41, 5.74) is 1.87. The lowest BCUT2D eigenvalue weighted by atomic mass is 10.0. The number of rotatable bonds is 3. The Morgan fingerprint density at radius 1 is 1.50 bits per heavy atom. The van der Waals surface area contributed by atoms with Crippen molar-refractivity contribution >= 4 is 17.3 Å². The van der Waals surface area contributed by atoms with E-state index in [1.165, 1.54) is 0 Å². The van der Waals surface area contributed by atoms with E-state index in [1.54, 1.807) is 7.11 Å². The molecule has 0 aromatic heterocycles. The maximum Gasteiger partial charge on any atom is 0.149 e. The Bertz CT molecular complexity index is 404. The minimum absolute atomic E-state index is 0.0402. The zero-order chi connectivity index (χ0) is 11.5. The lowest BCUT2D eigenvalue weighted by molar-refractivity contribution is 0.0855.